The summed E-state index contributed by atoms with van der Waals surface area (Å²) in [5, 5.41) is 9.04. The van der Waals surface area contributed by atoms with Crippen LogP contribution in [0.5, 0.6) is 0 Å². The van der Waals surface area contributed by atoms with E-state index in [1.54, 1.807) is 12.1 Å². The van der Waals surface area contributed by atoms with Gasteiger partial charge in [-0.25, -0.2) is 4.79 Å². The topological polar surface area (TPSA) is 40.5 Å². The van der Waals surface area contributed by atoms with Crippen molar-refractivity contribution in [1.82, 2.24) is 0 Å². The van der Waals surface area contributed by atoms with Gasteiger partial charge in [-0.1, -0.05) is 22.9 Å². The Kier molecular flexibility index (Phi) is 4.20. The monoisotopic (exact) mass is 299 g/mol. The molecule has 4 heteroatoms. The minimum Gasteiger partial charge on any atom is -0.478 e. The molecule has 0 amide bonds. The molecule has 1 N–H and O–H groups in total. The second kappa shape index (κ2) is 5.08. The minimum atomic E-state index is -0.907. The van der Waals surface area contributed by atoms with Crippen molar-refractivity contribution in [1.29, 1.82) is 0 Å². The lowest BCUT2D eigenvalue weighted by Gasteiger charge is -2.37. The van der Waals surface area contributed by atoms with E-state index in [9.17, 15) is 4.79 Å². The highest BCUT2D eigenvalue weighted by Crippen LogP contribution is 2.28. The fraction of sp³-hybridized carbons (Fsp3) is 0.462. The average molecular weight is 300 g/mol. The van der Waals surface area contributed by atoms with Gasteiger partial charge in [-0.2, -0.15) is 0 Å². The number of carboxylic acids is 1. The molecule has 0 bridgehead atoms. The first-order chi connectivity index (χ1) is 7.77. The fourth-order valence-corrected chi connectivity index (χ4v) is 1.96. The van der Waals surface area contributed by atoms with Crippen molar-refractivity contribution in [2.24, 2.45) is 0 Å². The first-order valence-corrected chi connectivity index (χ1v) is 6.35. The number of benzene rings is 1. The minimum absolute atomic E-state index is 0.00341. The van der Waals surface area contributed by atoms with E-state index in [-0.39, 0.29) is 5.54 Å². The molecule has 17 heavy (non-hydrogen) atoms. The van der Waals surface area contributed by atoms with E-state index in [0.717, 1.165) is 16.6 Å². The van der Waals surface area contributed by atoms with Gasteiger partial charge in [0.25, 0.3) is 0 Å². The number of rotatable bonds is 4. The van der Waals surface area contributed by atoms with Crippen LogP contribution in [-0.4, -0.2) is 23.7 Å². The summed E-state index contributed by atoms with van der Waals surface area (Å²) in [6.07, 6.45) is 0.985. The smallest absolute Gasteiger partial charge is 0.335 e. The first-order valence-electron chi connectivity index (χ1n) is 5.55. The zero-order chi connectivity index (χ0) is 13.2. The lowest BCUT2D eigenvalue weighted by Crippen LogP contribution is -2.40. The van der Waals surface area contributed by atoms with Crippen LogP contribution in [0.15, 0.2) is 22.7 Å². The number of halogens is 1. The van der Waals surface area contributed by atoms with Crippen molar-refractivity contribution in [3.63, 3.8) is 0 Å². The van der Waals surface area contributed by atoms with E-state index in [1.165, 1.54) is 0 Å². The molecule has 1 aromatic carbocycles. The van der Waals surface area contributed by atoms with Crippen LogP contribution in [0, 0.1) is 0 Å². The first kappa shape index (κ1) is 14.0. The molecule has 0 radical (unpaired) electrons. The molecule has 3 nitrogen and oxygen atoms in total. The largest absolute Gasteiger partial charge is 0.478 e. The van der Waals surface area contributed by atoms with Gasteiger partial charge in [-0.15, -0.1) is 0 Å². The Morgan fingerprint density at radius 2 is 2.00 bits per heavy atom. The van der Waals surface area contributed by atoms with Gasteiger partial charge in [0, 0.05) is 22.7 Å². The van der Waals surface area contributed by atoms with E-state index < -0.39 is 5.97 Å². The Labute approximate surface area is 111 Å². The van der Waals surface area contributed by atoms with Crippen LogP contribution in [-0.2, 0) is 0 Å². The van der Waals surface area contributed by atoms with Crippen molar-refractivity contribution < 1.29 is 9.90 Å². The van der Waals surface area contributed by atoms with E-state index in [4.69, 9.17) is 5.11 Å². The normalized spacial score (nSPS) is 11.4. The summed E-state index contributed by atoms with van der Waals surface area (Å²) in [5.41, 5.74) is 1.20. The summed E-state index contributed by atoms with van der Waals surface area (Å²) >= 11 is 3.35. The molecule has 0 heterocycles. The molecule has 0 aliphatic carbocycles. The summed E-state index contributed by atoms with van der Waals surface area (Å²) in [7, 11) is 1.98. The number of carboxylic acid groups (broad SMARTS) is 1. The Morgan fingerprint density at radius 1 is 1.41 bits per heavy atom. The molecule has 1 rings (SSSR count). The molecular formula is C13H18BrNO2. The number of hydrogen-bond acceptors (Lipinski definition) is 2. The van der Waals surface area contributed by atoms with Crippen molar-refractivity contribution >= 4 is 27.6 Å². The third-order valence-corrected chi connectivity index (χ3v) is 3.75. The van der Waals surface area contributed by atoms with Gasteiger partial charge in [-0.05, 0) is 38.5 Å². The Balaban J connectivity index is 3.18. The van der Waals surface area contributed by atoms with Crippen molar-refractivity contribution in [2.75, 3.05) is 11.9 Å². The molecule has 0 aliphatic rings. The molecule has 0 atom stereocenters. The van der Waals surface area contributed by atoms with Crippen molar-refractivity contribution in [3.05, 3.63) is 28.2 Å². The van der Waals surface area contributed by atoms with Crippen LogP contribution >= 0.6 is 15.9 Å². The molecule has 0 saturated carbocycles. The molecular weight excluding hydrogens is 282 g/mol. The quantitative estimate of drug-likeness (QED) is 0.920. The van der Waals surface area contributed by atoms with Gasteiger partial charge in [0.2, 0.25) is 0 Å². The maximum Gasteiger partial charge on any atom is 0.335 e. The predicted molar refractivity (Wildman–Crippen MR) is 73.9 cm³/mol. The van der Waals surface area contributed by atoms with E-state index >= 15 is 0 Å². The zero-order valence-electron chi connectivity index (χ0n) is 10.6. The van der Waals surface area contributed by atoms with Gasteiger partial charge < -0.3 is 10.0 Å². The number of nitrogens with zero attached hydrogens (tertiary/aromatic N) is 1. The van der Waals surface area contributed by atoms with Crippen LogP contribution < -0.4 is 4.90 Å². The van der Waals surface area contributed by atoms with Gasteiger partial charge in [0.1, 0.15) is 0 Å². The maximum atomic E-state index is 11.0. The highest BCUT2D eigenvalue weighted by molar-refractivity contribution is 9.10. The second-order valence-electron chi connectivity index (χ2n) is 4.73. The van der Waals surface area contributed by atoms with Gasteiger partial charge in [0.05, 0.1) is 5.56 Å². The lowest BCUT2D eigenvalue weighted by molar-refractivity contribution is 0.0697. The Bertz CT molecular complexity index is 429. The molecule has 0 unspecified atom stereocenters. The maximum absolute atomic E-state index is 11.0. The number of anilines is 1. The molecule has 0 saturated heterocycles. The molecule has 0 aromatic heterocycles. The SMILES string of the molecule is CCC(C)(C)N(C)c1cc(Br)cc(C(=O)O)c1. The predicted octanol–water partition coefficient (Wildman–Crippen LogP) is 3.77. The summed E-state index contributed by atoms with van der Waals surface area (Å²) in [6, 6.07) is 5.24. The standard InChI is InChI=1S/C13H18BrNO2/c1-5-13(2,3)15(4)11-7-9(12(16)17)6-10(14)8-11/h6-8H,5H2,1-4H3,(H,16,17). The van der Waals surface area contributed by atoms with Crippen LogP contribution in [0.1, 0.15) is 37.6 Å². The number of hydrogen-bond donors (Lipinski definition) is 1. The summed E-state index contributed by atoms with van der Waals surface area (Å²) < 4.78 is 0.783. The summed E-state index contributed by atoms with van der Waals surface area (Å²) in [4.78, 5) is 13.1. The Morgan fingerprint density at radius 3 is 2.47 bits per heavy atom. The highest BCUT2D eigenvalue weighted by atomic mass is 79.9. The zero-order valence-corrected chi connectivity index (χ0v) is 12.2. The number of carbonyl (C=O) groups is 1. The average Bonchev–Trinajstić information content (AvgIpc) is 2.27. The van der Waals surface area contributed by atoms with E-state index in [2.05, 4.69) is 41.6 Å². The third kappa shape index (κ3) is 3.22. The van der Waals surface area contributed by atoms with Crippen LogP contribution in [0.2, 0.25) is 0 Å². The highest BCUT2D eigenvalue weighted by Gasteiger charge is 2.22. The van der Waals surface area contributed by atoms with Gasteiger partial charge in [-0.3, -0.25) is 0 Å². The number of aromatic carboxylic acids is 1. The van der Waals surface area contributed by atoms with Crippen molar-refractivity contribution in [2.45, 2.75) is 32.7 Å². The van der Waals surface area contributed by atoms with E-state index in [1.807, 2.05) is 13.1 Å². The van der Waals surface area contributed by atoms with E-state index in [0.29, 0.717) is 5.56 Å². The van der Waals surface area contributed by atoms with Crippen LogP contribution in [0.4, 0.5) is 5.69 Å². The summed E-state index contributed by atoms with van der Waals surface area (Å²) in [5.74, 6) is -0.907. The van der Waals surface area contributed by atoms with Crippen LogP contribution in [0.3, 0.4) is 0 Å². The second-order valence-corrected chi connectivity index (χ2v) is 5.64. The lowest BCUT2D eigenvalue weighted by atomic mass is 9.99. The Hall–Kier alpha value is -1.03. The molecule has 0 aliphatic heterocycles. The molecule has 94 valence electrons. The molecule has 0 fully saturated rings. The fourth-order valence-electron chi connectivity index (χ4n) is 1.48. The van der Waals surface area contributed by atoms with Crippen molar-refractivity contribution in [3.8, 4) is 0 Å². The molecule has 0 spiro atoms. The third-order valence-electron chi connectivity index (χ3n) is 3.29. The summed E-state index contributed by atoms with van der Waals surface area (Å²) in [6.45, 7) is 6.38. The van der Waals surface area contributed by atoms with Gasteiger partial charge in [0.15, 0.2) is 0 Å². The van der Waals surface area contributed by atoms with Gasteiger partial charge >= 0.3 is 5.97 Å². The van der Waals surface area contributed by atoms with Crippen LogP contribution in [0.25, 0.3) is 0 Å². The molecule has 1 aromatic rings.